The molecule has 218 valence electrons. The summed E-state index contributed by atoms with van der Waals surface area (Å²) in [7, 11) is 3.46. The van der Waals surface area contributed by atoms with Crippen LogP contribution in [0.3, 0.4) is 0 Å². The summed E-state index contributed by atoms with van der Waals surface area (Å²) in [5.74, 6) is 0.900. The highest BCUT2D eigenvalue weighted by Crippen LogP contribution is 2.27. The lowest BCUT2D eigenvalue weighted by Crippen LogP contribution is -2.55. The van der Waals surface area contributed by atoms with Gasteiger partial charge in [-0.15, -0.1) is 0 Å². The zero-order chi connectivity index (χ0) is 28.6. The summed E-state index contributed by atoms with van der Waals surface area (Å²) < 4.78 is 16.7. The zero-order valence-corrected chi connectivity index (χ0v) is 25.1. The molecule has 7 nitrogen and oxygen atoms in total. The second kappa shape index (κ2) is 14.3. The molecule has 2 aliphatic rings. The lowest BCUT2D eigenvalue weighted by atomic mass is 9.85. The lowest BCUT2D eigenvalue weighted by molar-refractivity contribution is -0.136. The Morgan fingerprint density at radius 1 is 1.05 bits per heavy atom. The van der Waals surface area contributed by atoms with Gasteiger partial charge in [0.25, 0.3) is 0 Å². The van der Waals surface area contributed by atoms with E-state index >= 15 is 0 Å². The van der Waals surface area contributed by atoms with E-state index in [1.54, 1.807) is 14.2 Å². The number of rotatable bonds is 12. The van der Waals surface area contributed by atoms with Crippen molar-refractivity contribution in [3.63, 3.8) is 0 Å². The van der Waals surface area contributed by atoms with Crippen molar-refractivity contribution in [2.45, 2.75) is 97.4 Å². The van der Waals surface area contributed by atoms with Crippen molar-refractivity contribution in [2.24, 2.45) is 17.3 Å². The van der Waals surface area contributed by atoms with Gasteiger partial charge in [0, 0.05) is 32.7 Å². The Balaban J connectivity index is 1.38. The van der Waals surface area contributed by atoms with Crippen molar-refractivity contribution < 1.29 is 23.8 Å². The number of carbonyl (C=O) groups is 2. The Morgan fingerprint density at radius 3 is 2.36 bits per heavy atom. The largest absolute Gasteiger partial charge is 0.450 e. The molecule has 0 aromatic heterocycles. The molecule has 0 bridgehead atoms. The van der Waals surface area contributed by atoms with Crippen LogP contribution in [0.25, 0.3) is 12.2 Å². The van der Waals surface area contributed by atoms with E-state index in [9.17, 15) is 9.59 Å². The summed E-state index contributed by atoms with van der Waals surface area (Å²) in [6.07, 6.45) is 10.2. The molecule has 1 aliphatic carbocycles. The number of nitrogens with zero attached hydrogens (tertiary/aromatic N) is 1. The summed E-state index contributed by atoms with van der Waals surface area (Å²) in [6, 6.07) is 7.90. The minimum atomic E-state index is -0.653. The highest BCUT2D eigenvalue weighted by atomic mass is 16.5. The Bertz CT molecular complexity index is 1070. The van der Waals surface area contributed by atoms with E-state index in [0.29, 0.717) is 25.0 Å². The summed E-state index contributed by atoms with van der Waals surface area (Å²) in [5, 5.41) is 5.39. The predicted molar refractivity (Wildman–Crippen MR) is 155 cm³/mol. The average Bonchev–Trinajstić information content (AvgIpc) is 3.29. The number of hydrogen-bond acceptors (Lipinski definition) is 5. The summed E-state index contributed by atoms with van der Waals surface area (Å²) in [5.41, 5.74) is -0.437. The highest BCUT2D eigenvalue weighted by Gasteiger charge is 2.41. The maximum absolute atomic E-state index is 13.3. The summed E-state index contributed by atoms with van der Waals surface area (Å²) in [4.78, 5) is 27.7. The fraction of sp³-hybridized carbons (Fsp3) is 0.688. The number of fused-ring (bicyclic) bond motifs is 1. The third-order valence-corrected chi connectivity index (χ3v) is 8.27. The molecule has 6 unspecified atom stereocenters. The van der Waals surface area contributed by atoms with E-state index in [2.05, 4.69) is 48.7 Å². The second-order valence-electron chi connectivity index (χ2n) is 12.5. The van der Waals surface area contributed by atoms with Crippen LogP contribution in [0.1, 0.15) is 73.1 Å². The van der Waals surface area contributed by atoms with Gasteiger partial charge in [0.05, 0.1) is 18.8 Å². The molecule has 0 radical (unpaired) electrons. The number of alkyl carbamates (subject to hydrolysis) is 1. The van der Waals surface area contributed by atoms with Gasteiger partial charge in [-0.2, -0.15) is 0 Å². The molecular formula is C32H50N2O5. The van der Waals surface area contributed by atoms with Crippen LogP contribution in [0.4, 0.5) is 4.79 Å². The molecule has 2 amide bonds. The topological polar surface area (TPSA) is 77.1 Å². The van der Waals surface area contributed by atoms with Gasteiger partial charge in [0.15, 0.2) is 0 Å². The van der Waals surface area contributed by atoms with Gasteiger partial charge < -0.3 is 24.4 Å². The van der Waals surface area contributed by atoms with Crippen LogP contribution in [0, 0.1) is 17.3 Å². The minimum absolute atomic E-state index is 0.0381. The summed E-state index contributed by atoms with van der Waals surface area (Å²) in [6.45, 7) is 11.1. The second-order valence-corrected chi connectivity index (χ2v) is 12.5. The third-order valence-electron chi connectivity index (χ3n) is 8.27. The van der Waals surface area contributed by atoms with Gasteiger partial charge in [0.2, 0.25) is 5.91 Å². The predicted octanol–water partition coefficient (Wildman–Crippen LogP) is 4.26. The monoisotopic (exact) mass is 542 g/mol. The van der Waals surface area contributed by atoms with Gasteiger partial charge in [-0.25, -0.2) is 4.79 Å². The molecule has 6 atom stereocenters. The maximum atomic E-state index is 13.3. The number of carbonyl (C=O) groups excluding carboxylic acids is 2. The fourth-order valence-electron chi connectivity index (χ4n) is 5.75. The van der Waals surface area contributed by atoms with Crippen LogP contribution in [-0.2, 0) is 19.0 Å². The molecular weight excluding hydrogens is 492 g/mol. The average molecular weight is 543 g/mol. The van der Waals surface area contributed by atoms with Gasteiger partial charge >= 0.3 is 6.09 Å². The van der Waals surface area contributed by atoms with Crippen molar-refractivity contribution in [2.75, 3.05) is 27.4 Å². The van der Waals surface area contributed by atoms with E-state index in [-0.39, 0.29) is 24.2 Å². The van der Waals surface area contributed by atoms with Gasteiger partial charge in [-0.3, -0.25) is 4.79 Å². The number of amides is 2. The van der Waals surface area contributed by atoms with Gasteiger partial charge in [-0.1, -0.05) is 70.9 Å². The van der Waals surface area contributed by atoms with E-state index < -0.39 is 17.6 Å². The van der Waals surface area contributed by atoms with Crippen LogP contribution < -0.4 is 15.8 Å². The van der Waals surface area contributed by atoms with Crippen LogP contribution in [0.2, 0.25) is 0 Å². The molecule has 1 heterocycles. The van der Waals surface area contributed by atoms with E-state index in [1.807, 2.05) is 32.6 Å². The van der Waals surface area contributed by atoms with Crippen LogP contribution in [-0.4, -0.2) is 68.6 Å². The zero-order valence-electron chi connectivity index (χ0n) is 25.1. The van der Waals surface area contributed by atoms with Crippen LogP contribution in [0.15, 0.2) is 24.3 Å². The number of benzene rings is 1. The first-order valence-corrected chi connectivity index (χ1v) is 14.6. The quantitative estimate of drug-likeness (QED) is 0.400. The first-order valence-electron chi connectivity index (χ1n) is 14.6. The third kappa shape index (κ3) is 8.81. The Morgan fingerprint density at radius 2 is 1.74 bits per heavy atom. The van der Waals surface area contributed by atoms with Crippen LogP contribution in [0.5, 0.6) is 0 Å². The van der Waals surface area contributed by atoms with Crippen molar-refractivity contribution in [1.29, 1.82) is 0 Å². The maximum Gasteiger partial charge on any atom is 0.407 e. The molecule has 1 aliphatic heterocycles. The van der Waals surface area contributed by atoms with E-state index in [0.717, 1.165) is 38.5 Å². The number of methoxy groups -OCH3 is 2. The number of ether oxygens (including phenoxy) is 3. The molecule has 39 heavy (non-hydrogen) atoms. The highest BCUT2D eigenvalue weighted by molar-refractivity contribution is 5.87. The van der Waals surface area contributed by atoms with Crippen molar-refractivity contribution in [3.8, 4) is 0 Å². The SMILES string of the molecule is COC1CC(C)N(C(=O)C(NC(=O)OCCCCC(C)CCC2C=c3ccccc3=CC2OC)C(C)(C)C)C1. The first-order chi connectivity index (χ1) is 18.5. The number of likely N-dealkylation sites (tertiary alicyclic amines) is 1. The number of unbranched alkanes of at least 4 members (excludes halogenated alkanes) is 1. The number of hydrogen-bond donors (Lipinski definition) is 1. The smallest absolute Gasteiger partial charge is 0.407 e. The van der Waals surface area contributed by atoms with Crippen molar-refractivity contribution >= 4 is 24.2 Å². The van der Waals surface area contributed by atoms with Crippen molar-refractivity contribution in [1.82, 2.24) is 10.2 Å². The molecule has 1 aromatic rings. The standard InChI is InChI=1S/C32H50N2O5/c1-22(15-16-26-19-24-13-8-9-14-25(24)20-28(26)38-7)12-10-11-17-39-31(36)33-29(32(3,4)5)30(35)34-21-27(37-6)18-23(34)2/h8-9,13-14,19-20,22-23,26-29H,10-12,15-18,21H2,1-7H3,(H,33,36). The lowest BCUT2D eigenvalue weighted by Gasteiger charge is -2.34. The van der Waals surface area contributed by atoms with Gasteiger partial charge in [0.1, 0.15) is 6.04 Å². The Hall–Kier alpha value is -2.38. The van der Waals surface area contributed by atoms with Crippen LogP contribution >= 0.6 is 0 Å². The first kappa shape index (κ1) is 31.2. The molecule has 7 heteroatoms. The number of nitrogens with one attached hydrogen (secondary N) is 1. The molecule has 3 rings (SSSR count). The Kier molecular flexibility index (Phi) is 11.4. The Labute approximate surface area is 235 Å². The fourth-order valence-corrected chi connectivity index (χ4v) is 5.75. The van der Waals surface area contributed by atoms with Crippen molar-refractivity contribution in [3.05, 3.63) is 34.7 Å². The molecule has 1 aromatic carbocycles. The van der Waals surface area contributed by atoms with Gasteiger partial charge in [-0.05, 0) is 60.5 Å². The molecule has 1 N–H and O–H groups in total. The normalized spacial score (nSPS) is 24.2. The molecule has 0 saturated carbocycles. The molecule has 1 saturated heterocycles. The minimum Gasteiger partial charge on any atom is -0.450 e. The molecule has 1 fully saturated rings. The van der Waals surface area contributed by atoms with E-state index in [4.69, 9.17) is 14.2 Å². The summed E-state index contributed by atoms with van der Waals surface area (Å²) >= 11 is 0. The molecule has 0 spiro atoms. The van der Waals surface area contributed by atoms with E-state index in [1.165, 1.54) is 10.4 Å².